The molecular formula is C13H16N2O2S. The Morgan fingerprint density at radius 1 is 1.33 bits per heavy atom. The van der Waals surface area contributed by atoms with E-state index in [0.29, 0.717) is 0 Å². The number of thiophene rings is 1. The molecule has 0 saturated carbocycles. The third kappa shape index (κ3) is 2.32. The fourth-order valence-electron chi connectivity index (χ4n) is 1.70. The lowest BCUT2D eigenvalue weighted by atomic mass is 10.2. The van der Waals surface area contributed by atoms with E-state index in [-0.39, 0.29) is 6.04 Å². The first-order chi connectivity index (χ1) is 8.50. The average molecular weight is 264 g/mol. The van der Waals surface area contributed by atoms with Crippen LogP contribution in [-0.4, -0.2) is 35.3 Å². The Hall–Kier alpha value is -1.59. The topological polar surface area (TPSA) is 43.8 Å². The summed E-state index contributed by atoms with van der Waals surface area (Å²) < 4.78 is 1.16. The van der Waals surface area contributed by atoms with E-state index in [0.717, 1.165) is 20.0 Å². The fourth-order valence-corrected chi connectivity index (χ4v) is 2.80. The van der Waals surface area contributed by atoms with Gasteiger partial charge in [0, 0.05) is 23.7 Å². The molecule has 0 spiro atoms. The van der Waals surface area contributed by atoms with E-state index in [4.69, 9.17) is 0 Å². The van der Waals surface area contributed by atoms with Gasteiger partial charge >= 0.3 is 6.03 Å². The van der Waals surface area contributed by atoms with Gasteiger partial charge in [0.05, 0.1) is 6.04 Å². The molecule has 5 heteroatoms. The second-order valence-corrected chi connectivity index (χ2v) is 5.50. The van der Waals surface area contributed by atoms with Crippen molar-refractivity contribution in [3.63, 3.8) is 0 Å². The molecule has 1 unspecified atom stereocenters. The highest BCUT2D eigenvalue weighted by Crippen LogP contribution is 2.32. The Balaban J connectivity index is 2.27. The maximum absolute atomic E-state index is 11.7. The summed E-state index contributed by atoms with van der Waals surface area (Å²) in [4.78, 5) is 14.0. The van der Waals surface area contributed by atoms with E-state index < -0.39 is 6.03 Å². The summed E-state index contributed by atoms with van der Waals surface area (Å²) in [6.07, 6.45) is 0. The molecule has 0 fully saturated rings. The minimum atomic E-state index is -0.417. The van der Waals surface area contributed by atoms with Crippen molar-refractivity contribution < 1.29 is 10.0 Å². The number of hydrogen-bond donors (Lipinski definition) is 1. The summed E-state index contributed by atoms with van der Waals surface area (Å²) in [6, 6.07) is 9.26. The molecule has 0 saturated heterocycles. The summed E-state index contributed by atoms with van der Waals surface area (Å²) in [5.41, 5.74) is 0. The summed E-state index contributed by atoms with van der Waals surface area (Å²) in [6.45, 7) is 1.81. The summed E-state index contributed by atoms with van der Waals surface area (Å²) >= 11 is 1.59. The zero-order valence-electron chi connectivity index (χ0n) is 10.6. The lowest BCUT2D eigenvalue weighted by Gasteiger charge is -2.24. The van der Waals surface area contributed by atoms with Crippen LogP contribution in [0.3, 0.4) is 0 Å². The number of rotatable bonds is 2. The Kier molecular flexibility index (Phi) is 3.54. The molecule has 0 aliphatic rings. The van der Waals surface area contributed by atoms with Crippen molar-refractivity contribution in [1.29, 1.82) is 0 Å². The SMILES string of the molecule is CC(c1cc2ccccc2s1)N(O)C(=O)N(C)C. The summed E-state index contributed by atoms with van der Waals surface area (Å²) in [7, 11) is 3.23. The molecule has 0 bridgehead atoms. The van der Waals surface area contributed by atoms with E-state index in [2.05, 4.69) is 0 Å². The molecule has 1 heterocycles. The number of carbonyl (C=O) groups is 1. The number of hydroxylamine groups is 2. The molecule has 96 valence electrons. The minimum Gasteiger partial charge on any atom is -0.329 e. The smallest absolute Gasteiger partial charge is 0.329 e. The van der Waals surface area contributed by atoms with Crippen molar-refractivity contribution in [1.82, 2.24) is 9.96 Å². The maximum Gasteiger partial charge on any atom is 0.343 e. The van der Waals surface area contributed by atoms with Crippen LogP contribution in [0.4, 0.5) is 4.79 Å². The van der Waals surface area contributed by atoms with Crippen molar-refractivity contribution in [2.75, 3.05) is 14.1 Å². The zero-order valence-corrected chi connectivity index (χ0v) is 11.4. The van der Waals surface area contributed by atoms with Gasteiger partial charge in [0.15, 0.2) is 0 Å². The van der Waals surface area contributed by atoms with Gasteiger partial charge in [-0.15, -0.1) is 11.3 Å². The first-order valence-corrected chi connectivity index (χ1v) is 6.50. The van der Waals surface area contributed by atoms with Crippen LogP contribution >= 0.6 is 11.3 Å². The first-order valence-electron chi connectivity index (χ1n) is 5.68. The number of fused-ring (bicyclic) bond motifs is 1. The number of urea groups is 1. The quantitative estimate of drug-likeness (QED) is 0.668. The molecule has 1 aromatic heterocycles. The van der Waals surface area contributed by atoms with Gasteiger partial charge in [-0.25, -0.2) is 4.79 Å². The molecule has 0 aliphatic heterocycles. The van der Waals surface area contributed by atoms with Gasteiger partial charge in [0.1, 0.15) is 0 Å². The van der Waals surface area contributed by atoms with Gasteiger partial charge in [0.25, 0.3) is 0 Å². The maximum atomic E-state index is 11.7. The Bertz CT molecular complexity index is 532. The van der Waals surface area contributed by atoms with Gasteiger partial charge in [-0.3, -0.25) is 5.21 Å². The monoisotopic (exact) mass is 264 g/mol. The summed E-state index contributed by atoms with van der Waals surface area (Å²) in [5.74, 6) is 0. The van der Waals surface area contributed by atoms with Crippen molar-refractivity contribution in [2.45, 2.75) is 13.0 Å². The molecule has 2 amide bonds. The molecule has 18 heavy (non-hydrogen) atoms. The molecule has 0 radical (unpaired) electrons. The Labute approximate surface area is 110 Å². The summed E-state index contributed by atoms with van der Waals surface area (Å²) in [5, 5.41) is 11.8. The molecule has 4 nitrogen and oxygen atoms in total. The van der Waals surface area contributed by atoms with Crippen LogP contribution in [0.15, 0.2) is 30.3 Å². The second kappa shape index (κ2) is 4.96. The molecule has 0 aliphatic carbocycles. The zero-order chi connectivity index (χ0) is 13.3. The van der Waals surface area contributed by atoms with Crippen LogP contribution in [-0.2, 0) is 0 Å². The van der Waals surface area contributed by atoms with Gasteiger partial charge in [-0.05, 0) is 24.4 Å². The third-order valence-corrected chi connectivity index (χ3v) is 4.09. The first kappa shape index (κ1) is 12.9. The number of benzene rings is 1. The van der Waals surface area contributed by atoms with Crippen molar-refractivity contribution >= 4 is 27.5 Å². The third-order valence-electron chi connectivity index (χ3n) is 2.80. The number of carbonyl (C=O) groups excluding carboxylic acids is 1. The van der Waals surface area contributed by atoms with Gasteiger partial charge in [-0.1, -0.05) is 18.2 Å². The molecule has 1 N–H and O–H groups in total. The van der Waals surface area contributed by atoms with Crippen molar-refractivity contribution in [3.8, 4) is 0 Å². The van der Waals surface area contributed by atoms with Crippen LogP contribution in [0.5, 0.6) is 0 Å². The van der Waals surface area contributed by atoms with E-state index >= 15 is 0 Å². The van der Waals surface area contributed by atoms with Gasteiger partial charge in [-0.2, -0.15) is 5.06 Å². The largest absolute Gasteiger partial charge is 0.343 e. The number of hydrogen-bond acceptors (Lipinski definition) is 3. The second-order valence-electron chi connectivity index (χ2n) is 4.38. The van der Waals surface area contributed by atoms with Gasteiger partial charge in [0.2, 0.25) is 0 Å². The van der Waals surface area contributed by atoms with Crippen LogP contribution in [0, 0.1) is 0 Å². The van der Waals surface area contributed by atoms with Crippen LogP contribution in [0.25, 0.3) is 10.1 Å². The predicted molar refractivity (Wildman–Crippen MR) is 72.9 cm³/mol. The highest BCUT2D eigenvalue weighted by Gasteiger charge is 2.22. The lowest BCUT2D eigenvalue weighted by Crippen LogP contribution is -2.38. The van der Waals surface area contributed by atoms with Crippen LogP contribution in [0.2, 0.25) is 0 Å². The Morgan fingerprint density at radius 3 is 2.61 bits per heavy atom. The number of amides is 2. The minimum absolute atomic E-state index is 0.350. The highest BCUT2D eigenvalue weighted by molar-refractivity contribution is 7.19. The normalized spacial score (nSPS) is 12.4. The standard InChI is InChI=1S/C13H16N2O2S/c1-9(15(17)13(16)14(2)3)12-8-10-6-4-5-7-11(10)18-12/h4-9,17H,1-3H3. The number of nitrogens with zero attached hydrogens (tertiary/aromatic N) is 2. The van der Waals surface area contributed by atoms with Crippen molar-refractivity contribution in [2.24, 2.45) is 0 Å². The molecule has 1 aromatic carbocycles. The van der Waals surface area contributed by atoms with E-state index in [1.165, 1.54) is 4.90 Å². The fraction of sp³-hybridized carbons (Fsp3) is 0.308. The molecular weight excluding hydrogens is 248 g/mol. The van der Waals surface area contributed by atoms with Crippen LogP contribution < -0.4 is 0 Å². The highest BCUT2D eigenvalue weighted by atomic mass is 32.1. The lowest BCUT2D eigenvalue weighted by molar-refractivity contribution is -0.0820. The average Bonchev–Trinajstić information content (AvgIpc) is 2.79. The molecule has 2 aromatic rings. The van der Waals surface area contributed by atoms with E-state index in [1.807, 2.05) is 37.3 Å². The molecule has 2 rings (SSSR count). The molecule has 1 atom stereocenters. The van der Waals surface area contributed by atoms with Gasteiger partial charge < -0.3 is 4.90 Å². The van der Waals surface area contributed by atoms with Crippen LogP contribution in [0.1, 0.15) is 17.8 Å². The Morgan fingerprint density at radius 2 is 2.00 bits per heavy atom. The van der Waals surface area contributed by atoms with E-state index in [1.54, 1.807) is 25.4 Å². The van der Waals surface area contributed by atoms with E-state index in [9.17, 15) is 10.0 Å². The predicted octanol–water partition coefficient (Wildman–Crippen LogP) is 3.34. The van der Waals surface area contributed by atoms with Crippen molar-refractivity contribution in [3.05, 3.63) is 35.2 Å².